The number of hydrogen-bond acceptors (Lipinski definition) is 4. The highest BCUT2D eigenvalue weighted by Crippen LogP contribution is 2.35. The lowest BCUT2D eigenvalue weighted by atomic mass is 10.1. The van der Waals surface area contributed by atoms with Crippen molar-refractivity contribution >= 4 is 15.9 Å². The molecule has 1 saturated heterocycles. The molecule has 1 fully saturated rings. The van der Waals surface area contributed by atoms with Crippen LogP contribution in [0.4, 0.5) is 0 Å². The zero-order valence-electron chi connectivity index (χ0n) is 12.8. The highest BCUT2D eigenvalue weighted by molar-refractivity contribution is 9.10. The van der Waals surface area contributed by atoms with Gasteiger partial charge in [0.2, 0.25) is 0 Å². The van der Waals surface area contributed by atoms with Gasteiger partial charge in [-0.2, -0.15) is 0 Å². The number of nitrogens with one attached hydrogen (secondary N) is 1. The van der Waals surface area contributed by atoms with Crippen LogP contribution in [-0.4, -0.2) is 33.0 Å². The van der Waals surface area contributed by atoms with Gasteiger partial charge in [-0.1, -0.05) is 22.9 Å². The fraction of sp³-hybridized carbons (Fsp3) is 0.625. The molecule has 0 amide bonds. The predicted molar refractivity (Wildman–Crippen MR) is 87.2 cm³/mol. The van der Waals surface area contributed by atoms with Crippen LogP contribution in [0.15, 0.2) is 16.6 Å². The van der Waals surface area contributed by atoms with Crippen LogP contribution in [0.25, 0.3) is 0 Å². The third kappa shape index (κ3) is 4.87. The third-order valence-electron chi connectivity index (χ3n) is 3.48. The van der Waals surface area contributed by atoms with Gasteiger partial charge < -0.3 is 19.5 Å². The van der Waals surface area contributed by atoms with E-state index in [1.165, 1.54) is 6.42 Å². The number of ether oxygens (including phenoxy) is 3. The summed E-state index contributed by atoms with van der Waals surface area (Å²) in [6.07, 6.45) is 3.64. The van der Waals surface area contributed by atoms with Crippen molar-refractivity contribution in [1.82, 2.24) is 5.32 Å². The van der Waals surface area contributed by atoms with Gasteiger partial charge >= 0.3 is 0 Å². The molecule has 0 aliphatic carbocycles. The van der Waals surface area contributed by atoms with E-state index in [9.17, 15) is 0 Å². The lowest BCUT2D eigenvalue weighted by Gasteiger charge is -2.17. The molecular formula is C16H24BrNO3. The number of methoxy groups -OCH3 is 1. The molecule has 1 atom stereocenters. The molecule has 1 aliphatic rings. The van der Waals surface area contributed by atoms with Gasteiger partial charge in [0.1, 0.15) is 0 Å². The summed E-state index contributed by atoms with van der Waals surface area (Å²) in [5.74, 6) is 1.61. The molecule has 21 heavy (non-hydrogen) atoms. The molecule has 1 heterocycles. The maximum Gasteiger partial charge on any atom is 0.165 e. The Balaban J connectivity index is 2.02. The summed E-state index contributed by atoms with van der Waals surface area (Å²) in [5.41, 5.74) is 1.10. The van der Waals surface area contributed by atoms with Crippen LogP contribution in [0.3, 0.4) is 0 Å². The average Bonchev–Trinajstić information content (AvgIpc) is 2.99. The normalized spacial score (nSPS) is 18.0. The molecule has 1 N–H and O–H groups in total. The fourth-order valence-electron chi connectivity index (χ4n) is 2.45. The quantitative estimate of drug-likeness (QED) is 0.772. The largest absolute Gasteiger partial charge is 0.493 e. The average molecular weight is 358 g/mol. The highest BCUT2D eigenvalue weighted by atomic mass is 79.9. The topological polar surface area (TPSA) is 39.7 Å². The third-order valence-corrected chi connectivity index (χ3v) is 3.94. The van der Waals surface area contributed by atoms with Crippen molar-refractivity contribution in [3.05, 3.63) is 22.2 Å². The van der Waals surface area contributed by atoms with Crippen molar-refractivity contribution in [3.8, 4) is 11.5 Å². The number of benzene rings is 1. The first kappa shape index (κ1) is 16.6. The minimum absolute atomic E-state index is 0.346. The smallest absolute Gasteiger partial charge is 0.165 e. The van der Waals surface area contributed by atoms with Gasteiger partial charge in [-0.05, 0) is 31.4 Å². The molecule has 1 aromatic carbocycles. The monoisotopic (exact) mass is 357 g/mol. The summed E-state index contributed by atoms with van der Waals surface area (Å²) in [7, 11) is 1.67. The Kier molecular flexibility index (Phi) is 6.80. The molecule has 1 aromatic rings. The van der Waals surface area contributed by atoms with E-state index < -0.39 is 0 Å². The minimum atomic E-state index is 0.346. The number of hydrogen-bond donors (Lipinski definition) is 1. The molecule has 0 spiro atoms. The Morgan fingerprint density at radius 2 is 2.29 bits per heavy atom. The standard InChI is InChI=1S/C16H24BrNO3/c1-3-6-21-16-12(8-13(17)9-15(16)19-2)10-18-11-14-5-4-7-20-14/h8-9,14,18H,3-7,10-11H2,1-2H3/t14-/m0/s1. The van der Waals surface area contributed by atoms with Crippen molar-refractivity contribution < 1.29 is 14.2 Å². The van der Waals surface area contributed by atoms with Crippen LogP contribution in [0.5, 0.6) is 11.5 Å². The van der Waals surface area contributed by atoms with Crippen LogP contribution in [0.2, 0.25) is 0 Å². The summed E-state index contributed by atoms with van der Waals surface area (Å²) in [6.45, 7) is 5.30. The molecule has 0 unspecified atom stereocenters. The Bertz CT molecular complexity index is 447. The van der Waals surface area contributed by atoms with E-state index in [4.69, 9.17) is 14.2 Å². The molecular weight excluding hydrogens is 334 g/mol. The van der Waals surface area contributed by atoms with E-state index >= 15 is 0 Å². The van der Waals surface area contributed by atoms with Crippen LogP contribution in [0.1, 0.15) is 31.7 Å². The lowest BCUT2D eigenvalue weighted by Crippen LogP contribution is -2.26. The second-order valence-electron chi connectivity index (χ2n) is 5.21. The Hall–Kier alpha value is -0.780. The summed E-state index contributed by atoms with van der Waals surface area (Å²) < 4.78 is 17.9. The molecule has 1 aliphatic heterocycles. The summed E-state index contributed by atoms with van der Waals surface area (Å²) in [5, 5.41) is 3.46. The van der Waals surface area contributed by atoms with Crippen LogP contribution in [0, 0.1) is 0 Å². The van der Waals surface area contributed by atoms with Gasteiger partial charge in [0.05, 0.1) is 19.8 Å². The van der Waals surface area contributed by atoms with Gasteiger partial charge in [-0.25, -0.2) is 0 Å². The zero-order chi connectivity index (χ0) is 15.1. The van der Waals surface area contributed by atoms with Gasteiger partial charge in [0.15, 0.2) is 11.5 Å². The van der Waals surface area contributed by atoms with Gasteiger partial charge in [-0.3, -0.25) is 0 Å². The Morgan fingerprint density at radius 1 is 1.43 bits per heavy atom. The van der Waals surface area contributed by atoms with E-state index in [0.29, 0.717) is 12.7 Å². The maximum atomic E-state index is 5.87. The molecule has 2 rings (SSSR count). The summed E-state index contributed by atoms with van der Waals surface area (Å²) in [6, 6.07) is 4.02. The van der Waals surface area contributed by atoms with E-state index in [0.717, 1.165) is 54.1 Å². The Morgan fingerprint density at radius 3 is 2.95 bits per heavy atom. The molecule has 0 bridgehead atoms. The van der Waals surface area contributed by atoms with Crippen molar-refractivity contribution in [2.75, 3.05) is 26.9 Å². The van der Waals surface area contributed by atoms with Gasteiger partial charge in [0.25, 0.3) is 0 Å². The van der Waals surface area contributed by atoms with E-state index in [-0.39, 0.29) is 0 Å². The van der Waals surface area contributed by atoms with Crippen molar-refractivity contribution in [1.29, 1.82) is 0 Å². The predicted octanol–water partition coefficient (Wildman–Crippen LogP) is 3.52. The Labute approximate surface area is 135 Å². The SMILES string of the molecule is CCCOc1c(CNC[C@@H]2CCCO2)cc(Br)cc1OC. The zero-order valence-corrected chi connectivity index (χ0v) is 14.4. The van der Waals surface area contributed by atoms with Crippen LogP contribution in [-0.2, 0) is 11.3 Å². The minimum Gasteiger partial charge on any atom is -0.493 e. The van der Waals surface area contributed by atoms with E-state index in [1.54, 1.807) is 7.11 Å². The van der Waals surface area contributed by atoms with Gasteiger partial charge in [0, 0.05) is 29.7 Å². The summed E-state index contributed by atoms with van der Waals surface area (Å²) >= 11 is 3.53. The first-order valence-corrected chi connectivity index (χ1v) is 8.35. The van der Waals surface area contributed by atoms with Gasteiger partial charge in [-0.15, -0.1) is 0 Å². The van der Waals surface area contributed by atoms with Crippen molar-refractivity contribution in [2.45, 2.75) is 38.8 Å². The molecule has 4 nitrogen and oxygen atoms in total. The highest BCUT2D eigenvalue weighted by Gasteiger charge is 2.16. The van der Waals surface area contributed by atoms with Crippen molar-refractivity contribution in [3.63, 3.8) is 0 Å². The lowest BCUT2D eigenvalue weighted by molar-refractivity contribution is 0.110. The molecule has 118 valence electrons. The number of halogens is 1. The fourth-order valence-corrected chi connectivity index (χ4v) is 2.93. The van der Waals surface area contributed by atoms with E-state index in [2.05, 4.69) is 34.2 Å². The molecule has 0 radical (unpaired) electrons. The van der Waals surface area contributed by atoms with E-state index in [1.807, 2.05) is 6.07 Å². The summed E-state index contributed by atoms with van der Waals surface area (Å²) in [4.78, 5) is 0. The first-order valence-electron chi connectivity index (χ1n) is 7.56. The molecule has 0 aromatic heterocycles. The number of rotatable bonds is 8. The molecule has 5 heteroatoms. The van der Waals surface area contributed by atoms with Crippen LogP contribution < -0.4 is 14.8 Å². The van der Waals surface area contributed by atoms with Crippen molar-refractivity contribution in [2.24, 2.45) is 0 Å². The van der Waals surface area contributed by atoms with Crippen LogP contribution >= 0.6 is 15.9 Å². The second-order valence-corrected chi connectivity index (χ2v) is 6.13. The molecule has 0 saturated carbocycles. The second kappa shape index (κ2) is 8.61. The maximum absolute atomic E-state index is 5.87. The first-order chi connectivity index (χ1) is 10.2.